The van der Waals surface area contributed by atoms with E-state index in [1.807, 2.05) is 20.0 Å². The number of alkyl halides is 1. The highest BCUT2D eigenvalue weighted by atomic mass is 35.5. The van der Waals surface area contributed by atoms with E-state index in [4.69, 9.17) is 11.6 Å². The third kappa shape index (κ3) is 3.06. The minimum Gasteiger partial charge on any atom is -0.352 e. The van der Waals surface area contributed by atoms with Crippen LogP contribution in [0.25, 0.3) is 0 Å². The zero-order valence-corrected chi connectivity index (χ0v) is 10.5. The molecule has 0 radical (unpaired) electrons. The van der Waals surface area contributed by atoms with Crippen LogP contribution in [0.15, 0.2) is 6.20 Å². The van der Waals surface area contributed by atoms with Crippen molar-refractivity contribution < 1.29 is 0 Å². The second-order valence-electron chi connectivity index (χ2n) is 3.88. The Morgan fingerprint density at radius 3 is 2.47 bits per heavy atom. The average molecular weight is 228 g/mol. The van der Waals surface area contributed by atoms with Gasteiger partial charge >= 0.3 is 0 Å². The molecule has 0 saturated carbocycles. The SMILES string of the molecule is Cc1ncc(N(CCCl)C(C)C)nc1C. The molecule has 1 aromatic heterocycles. The Bertz CT molecular complexity index is 326. The van der Waals surface area contributed by atoms with Gasteiger partial charge in [-0.1, -0.05) is 0 Å². The molecular formula is C11H18ClN3. The predicted molar refractivity (Wildman–Crippen MR) is 64.7 cm³/mol. The van der Waals surface area contributed by atoms with Gasteiger partial charge in [0.1, 0.15) is 5.82 Å². The second-order valence-corrected chi connectivity index (χ2v) is 4.25. The first kappa shape index (κ1) is 12.2. The maximum Gasteiger partial charge on any atom is 0.147 e. The molecule has 15 heavy (non-hydrogen) atoms. The molecule has 1 rings (SSSR count). The Balaban J connectivity index is 2.95. The molecule has 0 atom stereocenters. The number of hydrogen-bond acceptors (Lipinski definition) is 3. The summed E-state index contributed by atoms with van der Waals surface area (Å²) >= 11 is 5.77. The van der Waals surface area contributed by atoms with Crippen molar-refractivity contribution in [2.75, 3.05) is 17.3 Å². The number of rotatable bonds is 4. The normalized spacial score (nSPS) is 10.8. The molecule has 0 aliphatic heterocycles. The minimum atomic E-state index is 0.389. The molecule has 0 amide bonds. The molecule has 0 aromatic carbocycles. The number of halogens is 1. The van der Waals surface area contributed by atoms with Crippen molar-refractivity contribution in [2.45, 2.75) is 33.7 Å². The van der Waals surface area contributed by atoms with Crippen molar-refractivity contribution in [3.8, 4) is 0 Å². The lowest BCUT2D eigenvalue weighted by molar-refractivity contribution is 0.690. The van der Waals surface area contributed by atoms with E-state index in [1.165, 1.54) is 0 Å². The number of aryl methyl sites for hydroxylation is 2. The van der Waals surface area contributed by atoms with Crippen LogP contribution in [0, 0.1) is 13.8 Å². The van der Waals surface area contributed by atoms with E-state index in [1.54, 1.807) is 0 Å². The molecule has 84 valence electrons. The molecule has 0 aliphatic rings. The van der Waals surface area contributed by atoms with Gasteiger partial charge in [0.15, 0.2) is 0 Å². The van der Waals surface area contributed by atoms with E-state index >= 15 is 0 Å². The van der Waals surface area contributed by atoms with Crippen molar-refractivity contribution in [1.29, 1.82) is 0 Å². The molecule has 0 unspecified atom stereocenters. The molecule has 1 aromatic rings. The maximum atomic E-state index is 5.77. The lowest BCUT2D eigenvalue weighted by Crippen LogP contribution is -2.33. The van der Waals surface area contributed by atoms with E-state index in [0.717, 1.165) is 23.8 Å². The summed E-state index contributed by atoms with van der Waals surface area (Å²) in [5.74, 6) is 1.51. The fraction of sp³-hybridized carbons (Fsp3) is 0.636. The van der Waals surface area contributed by atoms with Gasteiger partial charge in [-0.2, -0.15) is 0 Å². The quantitative estimate of drug-likeness (QED) is 0.741. The number of hydrogen-bond donors (Lipinski definition) is 0. The van der Waals surface area contributed by atoms with Crippen LogP contribution in [-0.2, 0) is 0 Å². The van der Waals surface area contributed by atoms with Gasteiger partial charge in [0, 0.05) is 18.5 Å². The van der Waals surface area contributed by atoms with Crippen LogP contribution in [0.3, 0.4) is 0 Å². The molecule has 4 heteroatoms. The zero-order chi connectivity index (χ0) is 11.4. The zero-order valence-electron chi connectivity index (χ0n) is 9.79. The molecule has 1 heterocycles. The molecule has 3 nitrogen and oxygen atoms in total. The number of anilines is 1. The molecule has 0 N–H and O–H groups in total. The summed E-state index contributed by atoms with van der Waals surface area (Å²) in [7, 11) is 0. The topological polar surface area (TPSA) is 29.0 Å². The Hall–Kier alpha value is -0.830. The van der Waals surface area contributed by atoms with Crippen molar-refractivity contribution >= 4 is 17.4 Å². The highest BCUT2D eigenvalue weighted by Gasteiger charge is 2.12. The fourth-order valence-electron chi connectivity index (χ4n) is 1.40. The van der Waals surface area contributed by atoms with E-state index < -0.39 is 0 Å². The van der Waals surface area contributed by atoms with Gasteiger partial charge in [-0.25, -0.2) is 4.98 Å². The van der Waals surface area contributed by atoms with Crippen LogP contribution in [0.2, 0.25) is 0 Å². The summed E-state index contributed by atoms with van der Waals surface area (Å²) in [5.41, 5.74) is 1.96. The molecular weight excluding hydrogens is 210 g/mol. The summed E-state index contributed by atoms with van der Waals surface area (Å²) < 4.78 is 0. The lowest BCUT2D eigenvalue weighted by Gasteiger charge is -2.27. The average Bonchev–Trinajstić information content (AvgIpc) is 2.18. The lowest BCUT2D eigenvalue weighted by atomic mass is 10.3. The third-order valence-electron chi connectivity index (χ3n) is 2.42. The Labute approximate surface area is 96.5 Å². The third-order valence-corrected chi connectivity index (χ3v) is 2.59. The van der Waals surface area contributed by atoms with Crippen LogP contribution < -0.4 is 4.90 Å². The Morgan fingerprint density at radius 2 is 2.00 bits per heavy atom. The molecule has 0 aliphatic carbocycles. The number of nitrogens with zero attached hydrogens (tertiary/aromatic N) is 3. The van der Waals surface area contributed by atoms with Crippen LogP contribution in [0.4, 0.5) is 5.82 Å². The molecule has 0 fully saturated rings. The van der Waals surface area contributed by atoms with Gasteiger partial charge in [0.05, 0.1) is 17.6 Å². The van der Waals surface area contributed by atoms with E-state index in [2.05, 4.69) is 28.7 Å². The highest BCUT2D eigenvalue weighted by Crippen LogP contribution is 2.14. The van der Waals surface area contributed by atoms with Crippen molar-refractivity contribution in [3.63, 3.8) is 0 Å². The van der Waals surface area contributed by atoms with Crippen LogP contribution in [0.1, 0.15) is 25.2 Å². The first-order valence-electron chi connectivity index (χ1n) is 5.19. The number of aromatic nitrogens is 2. The van der Waals surface area contributed by atoms with Crippen molar-refractivity contribution in [1.82, 2.24) is 9.97 Å². The monoisotopic (exact) mass is 227 g/mol. The van der Waals surface area contributed by atoms with E-state index in [0.29, 0.717) is 11.9 Å². The molecule has 0 saturated heterocycles. The van der Waals surface area contributed by atoms with Crippen LogP contribution >= 0.6 is 11.6 Å². The standard InChI is InChI=1S/C11H18ClN3/c1-8(2)15(6-5-12)11-7-13-9(3)10(4)14-11/h7-8H,5-6H2,1-4H3. The molecule has 0 bridgehead atoms. The Kier molecular flexibility index (Phi) is 4.33. The van der Waals surface area contributed by atoms with Gasteiger partial charge in [-0.05, 0) is 27.7 Å². The van der Waals surface area contributed by atoms with Crippen molar-refractivity contribution in [3.05, 3.63) is 17.6 Å². The van der Waals surface area contributed by atoms with Crippen molar-refractivity contribution in [2.24, 2.45) is 0 Å². The first-order valence-corrected chi connectivity index (χ1v) is 5.72. The maximum absolute atomic E-state index is 5.77. The van der Waals surface area contributed by atoms with Gasteiger partial charge in [0.25, 0.3) is 0 Å². The summed E-state index contributed by atoms with van der Waals surface area (Å²) in [6.45, 7) is 9.00. The van der Waals surface area contributed by atoms with Gasteiger partial charge in [0.2, 0.25) is 0 Å². The Morgan fingerprint density at radius 1 is 1.33 bits per heavy atom. The largest absolute Gasteiger partial charge is 0.352 e. The minimum absolute atomic E-state index is 0.389. The van der Waals surface area contributed by atoms with Gasteiger partial charge in [-0.15, -0.1) is 11.6 Å². The summed E-state index contributed by atoms with van der Waals surface area (Å²) in [5, 5.41) is 0. The first-order chi connectivity index (χ1) is 7.06. The summed E-state index contributed by atoms with van der Waals surface area (Å²) in [6.07, 6.45) is 1.81. The fourth-order valence-corrected chi connectivity index (χ4v) is 1.58. The van der Waals surface area contributed by atoms with Gasteiger partial charge < -0.3 is 4.90 Å². The summed E-state index contributed by atoms with van der Waals surface area (Å²) in [4.78, 5) is 11.0. The van der Waals surface area contributed by atoms with Gasteiger partial charge in [-0.3, -0.25) is 4.98 Å². The van der Waals surface area contributed by atoms with E-state index in [-0.39, 0.29) is 0 Å². The summed E-state index contributed by atoms with van der Waals surface area (Å²) in [6, 6.07) is 0.389. The second kappa shape index (κ2) is 5.31. The van der Waals surface area contributed by atoms with E-state index in [9.17, 15) is 0 Å². The highest BCUT2D eigenvalue weighted by molar-refractivity contribution is 6.18. The van der Waals surface area contributed by atoms with Crippen LogP contribution in [-0.4, -0.2) is 28.4 Å². The van der Waals surface area contributed by atoms with Crippen LogP contribution in [0.5, 0.6) is 0 Å². The molecule has 0 spiro atoms. The smallest absolute Gasteiger partial charge is 0.147 e. The predicted octanol–water partition coefficient (Wildman–Crippen LogP) is 2.55.